The van der Waals surface area contributed by atoms with E-state index in [1.165, 1.54) is 25.3 Å². The van der Waals surface area contributed by atoms with E-state index in [4.69, 9.17) is 9.39 Å². The third-order valence-corrected chi connectivity index (χ3v) is 10.3. The van der Waals surface area contributed by atoms with E-state index in [2.05, 4.69) is 28.7 Å². The third-order valence-electron chi connectivity index (χ3n) is 9.47. The van der Waals surface area contributed by atoms with Gasteiger partial charge >= 0.3 is 7.12 Å². The van der Waals surface area contributed by atoms with Crippen LogP contribution in [0.25, 0.3) is 11.6 Å². The van der Waals surface area contributed by atoms with Crippen LogP contribution in [0, 0.1) is 31.4 Å². The van der Waals surface area contributed by atoms with Gasteiger partial charge in [-0.05, 0) is 101 Å². The molecule has 6 rings (SSSR count). The molecule has 1 aliphatic carbocycles. The molecule has 0 unspecified atom stereocenters. The van der Waals surface area contributed by atoms with Crippen molar-refractivity contribution < 1.29 is 34.0 Å². The molecule has 12 heteroatoms. The number of hydrogen-bond donors (Lipinski definition) is 2. The highest BCUT2D eigenvalue weighted by atomic mass is 127. The zero-order valence-electron chi connectivity index (χ0n) is 26.0. The molecule has 3 aliphatic rings. The summed E-state index contributed by atoms with van der Waals surface area (Å²) in [7, 11) is 0.394. The lowest BCUT2D eigenvalue weighted by atomic mass is 9.58. The molecule has 2 fully saturated rings. The molecule has 0 spiro atoms. The minimum absolute atomic E-state index is 0.0841. The number of methoxy groups -OCH3 is 1. The van der Waals surface area contributed by atoms with Gasteiger partial charge in [0.15, 0.2) is 11.5 Å². The number of non-ortho nitro benzene ring substituents is 1. The summed E-state index contributed by atoms with van der Waals surface area (Å²) in [5.41, 5.74) is 4.91. The van der Waals surface area contributed by atoms with Crippen LogP contribution in [0.15, 0.2) is 77.9 Å². The number of fused-ring (bicyclic) bond motifs is 3. The van der Waals surface area contributed by atoms with Crippen LogP contribution in [0.2, 0.25) is 6.32 Å². The lowest BCUT2D eigenvalue weighted by Crippen LogP contribution is -2.46. The smallest absolute Gasteiger partial charge is 0.455 e. The second-order valence-electron chi connectivity index (χ2n) is 12.1. The fourth-order valence-corrected chi connectivity index (χ4v) is 8.00. The molecule has 0 radical (unpaired) electrons. The number of anilines is 1. The Morgan fingerprint density at radius 2 is 1.89 bits per heavy atom. The van der Waals surface area contributed by atoms with Crippen molar-refractivity contribution in [2.45, 2.75) is 45.0 Å². The molecule has 2 aliphatic heterocycles. The predicted molar refractivity (Wildman–Crippen MR) is 187 cm³/mol. The first-order valence-electron chi connectivity index (χ1n) is 15.6. The second-order valence-corrected chi connectivity index (χ2v) is 13.2. The lowest BCUT2D eigenvalue weighted by Gasteiger charge is -2.43. The van der Waals surface area contributed by atoms with Gasteiger partial charge in [-0.3, -0.25) is 19.7 Å². The zero-order valence-corrected chi connectivity index (χ0v) is 28.1. The maximum absolute atomic E-state index is 14.0. The van der Waals surface area contributed by atoms with Crippen molar-refractivity contribution in [3.8, 4) is 11.5 Å². The molecule has 0 bridgehead atoms. The predicted octanol–water partition coefficient (Wildman–Crippen LogP) is 6.65. The Morgan fingerprint density at radius 3 is 2.60 bits per heavy atom. The van der Waals surface area contributed by atoms with Crippen molar-refractivity contribution in [2.24, 2.45) is 17.8 Å². The number of phenols is 1. The molecule has 2 heterocycles. The minimum atomic E-state index is -1.12. The van der Waals surface area contributed by atoms with Gasteiger partial charge in [0.1, 0.15) is 0 Å². The van der Waals surface area contributed by atoms with Gasteiger partial charge in [-0.1, -0.05) is 55.0 Å². The number of amides is 2. The van der Waals surface area contributed by atoms with Crippen molar-refractivity contribution in [2.75, 3.05) is 12.0 Å². The molecular formula is C35H34BIN2O8. The number of allylic oxidation sites excluding steroid dienone is 2. The molecule has 2 amide bonds. The molecule has 3 aromatic rings. The van der Waals surface area contributed by atoms with E-state index in [9.17, 15) is 29.8 Å². The number of nitro groups is 1. The summed E-state index contributed by atoms with van der Waals surface area (Å²) in [5, 5.41) is 32.8. The summed E-state index contributed by atoms with van der Waals surface area (Å²) in [6.45, 7) is 2.02. The number of benzene rings is 3. The highest BCUT2D eigenvalue weighted by Crippen LogP contribution is 2.52. The van der Waals surface area contributed by atoms with Crippen molar-refractivity contribution in [1.29, 1.82) is 0 Å². The number of imide groups is 1. The number of ether oxygens (including phenoxy) is 1. The van der Waals surface area contributed by atoms with Crippen LogP contribution in [-0.4, -0.2) is 47.2 Å². The van der Waals surface area contributed by atoms with Gasteiger partial charge in [0.05, 0.1) is 39.2 Å². The van der Waals surface area contributed by atoms with Gasteiger partial charge in [0.25, 0.3) is 5.69 Å². The highest BCUT2D eigenvalue weighted by Gasteiger charge is 2.57. The number of phenolic OH excluding ortho intramolecular Hbond substituents is 1. The number of hydrogen-bond acceptors (Lipinski definition) is 8. The molecule has 10 nitrogen and oxygen atoms in total. The van der Waals surface area contributed by atoms with Gasteiger partial charge in [0.2, 0.25) is 11.8 Å². The zero-order chi connectivity index (χ0) is 33.4. The van der Waals surface area contributed by atoms with Crippen molar-refractivity contribution in [3.05, 3.63) is 103 Å². The Balaban J connectivity index is 1.32. The molecular weight excluding hydrogens is 714 g/mol. The molecule has 47 heavy (non-hydrogen) atoms. The van der Waals surface area contributed by atoms with Crippen LogP contribution >= 0.6 is 22.6 Å². The van der Waals surface area contributed by atoms with Gasteiger partial charge in [-0.2, -0.15) is 0 Å². The maximum Gasteiger partial charge on any atom is 0.455 e. The monoisotopic (exact) mass is 748 g/mol. The molecule has 3 aromatic carbocycles. The Hall–Kier alpha value is -4.01. The summed E-state index contributed by atoms with van der Waals surface area (Å²) in [4.78, 5) is 39.7. The Morgan fingerprint density at radius 1 is 1.13 bits per heavy atom. The van der Waals surface area contributed by atoms with Gasteiger partial charge in [-0.15, -0.1) is 0 Å². The summed E-state index contributed by atoms with van der Waals surface area (Å²) < 4.78 is 12.2. The Kier molecular flexibility index (Phi) is 9.54. The molecule has 0 aromatic heterocycles. The van der Waals surface area contributed by atoms with E-state index in [0.29, 0.717) is 35.0 Å². The summed E-state index contributed by atoms with van der Waals surface area (Å²) >= 11 is 2.07. The number of nitrogens with zero attached hydrogens (tertiary/aromatic N) is 2. The van der Waals surface area contributed by atoms with Gasteiger partial charge < -0.3 is 19.5 Å². The first-order valence-corrected chi connectivity index (χ1v) is 16.7. The van der Waals surface area contributed by atoms with Gasteiger partial charge in [-0.25, -0.2) is 4.90 Å². The van der Waals surface area contributed by atoms with Crippen molar-refractivity contribution in [1.82, 2.24) is 0 Å². The summed E-state index contributed by atoms with van der Waals surface area (Å²) in [5.74, 6) is -2.00. The standard InChI is InChI=1S/C35H34BIN2O8/c1-3-21-17-26-32(35(42)38(34(26)41)24-10-7-11-25(18-24)39(44)45)27-19-36(43)47-29(31(21)27)13-12-23(22-8-5-4-6-9-22)14-20-15-28(37)33(40)30(16-20)46-2/h4-11,14-16,18,26-27,29,32,40,43H,3,12-13,17,19H2,1-2H3/b23-14-/t26-,27+,29-,32-/m1/s1. The molecule has 242 valence electrons. The van der Waals surface area contributed by atoms with Crippen LogP contribution in [0.3, 0.4) is 0 Å². The minimum Gasteiger partial charge on any atom is -0.504 e. The number of aromatic hydroxyl groups is 1. The fraction of sp³-hybridized carbons (Fsp3) is 0.314. The summed E-state index contributed by atoms with van der Waals surface area (Å²) in [6.07, 6.45) is 3.92. The Labute approximate surface area is 286 Å². The molecule has 4 atom stereocenters. The van der Waals surface area contributed by atoms with Crippen LogP contribution in [0.4, 0.5) is 11.4 Å². The topological polar surface area (TPSA) is 139 Å². The van der Waals surface area contributed by atoms with Gasteiger partial charge in [0, 0.05) is 12.1 Å². The van der Waals surface area contributed by atoms with E-state index in [1.54, 1.807) is 12.1 Å². The van der Waals surface area contributed by atoms with Crippen molar-refractivity contribution in [3.63, 3.8) is 0 Å². The quantitative estimate of drug-likeness (QED) is 0.0472. The molecule has 2 saturated heterocycles. The molecule has 2 N–H and O–H groups in total. The third kappa shape index (κ3) is 6.33. The molecule has 0 saturated carbocycles. The normalized spacial score (nSPS) is 22.8. The number of halogens is 1. The largest absolute Gasteiger partial charge is 0.504 e. The fourth-order valence-electron chi connectivity index (χ4n) is 7.38. The first kappa shape index (κ1) is 32.9. The van der Waals surface area contributed by atoms with E-state index in [-0.39, 0.29) is 29.4 Å². The van der Waals surface area contributed by atoms with E-state index in [0.717, 1.165) is 32.7 Å². The van der Waals surface area contributed by atoms with E-state index in [1.807, 2.05) is 43.3 Å². The first-order chi connectivity index (χ1) is 22.6. The number of carbonyl (C=O) groups excluding carboxylic acids is 2. The van der Waals surface area contributed by atoms with Crippen LogP contribution < -0.4 is 9.64 Å². The Bertz CT molecular complexity index is 1800. The summed E-state index contributed by atoms with van der Waals surface area (Å²) in [6, 6.07) is 19.2. The number of nitro benzene ring substituents is 1. The lowest BCUT2D eigenvalue weighted by molar-refractivity contribution is -0.384. The number of carbonyl (C=O) groups is 2. The van der Waals surface area contributed by atoms with Crippen LogP contribution in [0.5, 0.6) is 11.5 Å². The van der Waals surface area contributed by atoms with Crippen LogP contribution in [0.1, 0.15) is 43.7 Å². The van der Waals surface area contributed by atoms with Crippen LogP contribution in [-0.2, 0) is 14.2 Å². The van der Waals surface area contributed by atoms with E-state index >= 15 is 0 Å². The second kappa shape index (κ2) is 13.6. The number of rotatable bonds is 9. The maximum atomic E-state index is 14.0. The average Bonchev–Trinajstić information content (AvgIpc) is 3.32. The SMILES string of the molecule is CCC1=C2[C@@H](CC/C(=C/c3cc(I)c(O)c(OC)c3)c3ccccc3)OB(O)C[C@@H]2[C@@H]2C(=O)N(c3cccc([N+](=O)[O-])c3)C(=O)[C@@H]2C1. The highest BCUT2D eigenvalue weighted by molar-refractivity contribution is 14.1. The van der Waals surface area contributed by atoms with Crippen molar-refractivity contribution >= 4 is 64.5 Å². The average molecular weight is 748 g/mol. The van der Waals surface area contributed by atoms with E-state index < -0.39 is 41.8 Å².